The van der Waals surface area contributed by atoms with Crippen LogP contribution in [-0.4, -0.2) is 17.7 Å². The lowest BCUT2D eigenvalue weighted by atomic mass is 10.2. The number of ether oxygens (including phenoxy) is 2. The average Bonchev–Trinajstić information content (AvgIpc) is 2.92. The van der Waals surface area contributed by atoms with E-state index in [9.17, 15) is 9.18 Å². The molecule has 1 aromatic heterocycles. The molecule has 0 fully saturated rings. The van der Waals surface area contributed by atoms with Crippen molar-refractivity contribution >= 4 is 5.91 Å². The molecule has 1 aliphatic rings. The summed E-state index contributed by atoms with van der Waals surface area (Å²) in [5, 5.41) is 2.64. The number of nitrogens with zero attached hydrogens (tertiary/aromatic N) is 1. The predicted molar refractivity (Wildman–Crippen MR) is 67.9 cm³/mol. The third-order valence-electron chi connectivity index (χ3n) is 2.91. The Kier molecular flexibility index (Phi) is 3.20. The first-order valence-electron chi connectivity index (χ1n) is 6.00. The molecule has 5 nitrogen and oxygen atoms in total. The molecule has 3 rings (SSSR count). The van der Waals surface area contributed by atoms with Gasteiger partial charge in [0.1, 0.15) is 0 Å². The molecular weight excluding hydrogens is 263 g/mol. The topological polar surface area (TPSA) is 60.5 Å². The van der Waals surface area contributed by atoms with Crippen molar-refractivity contribution in [2.75, 3.05) is 6.79 Å². The van der Waals surface area contributed by atoms with Crippen molar-refractivity contribution in [3.8, 4) is 11.5 Å². The average molecular weight is 274 g/mol. The molecule has 0 saturated carbocycles. The van der Waals surface area contributed by atoms with Gasteiger partial charge in [-0.1, -0.05) is 6.07 Å². The number of rotatable bonds is 3. The van der Waals surface area contributed by atoms with E-state index < -0.39 is 11.7 Å². The lowest BCUT2D eigenvalue weighted by molar-refractivity contribution is 0.0946. The van der Waals surface area contributed by atoms with Crippen molar-refractivity contribution in [1.29, 1.82) is 0 Å². The van der Waals surface area contributed by atoms with Gasteiger partial charge in [-0.3, -0.25) is 9.78 Å². The first-order valence-corrected chi connectivity index (χ1v) is 6.00. The number of hydrogen-bond donors (Lipinski definition) is 1. The monoisotopic (exact) mass is 274 g/mol. The fraction of sp³-hybridized carbons (Fsp3) is 0.143. The van der Waals surface area contributed by atoms with E-state index in [1.165, 1.54) is 12.3 Å². The molecule has 2 aromatic rings. The summed E-state index contributed by atoms with van der Waals surface area (Å²) in [5.41, 5.74) is 0.817. The number of benzene rings is 1. The summed E-state index contributed by atoms with van der Waals surface area (Å²) in [6, 6.07) is 6.71. The maximum absolute atomic E-state index is 13.4. The first-order chi connectivity index (χ1) is 9.74. The van der Waals surface area contributed by atoms with Crippen molar-refractivity contribution in [2.45, 2.75) is 6.54 Å². The van der Waals surface area contributed by atoms with Crippen LogP contribution >= 0.6 is 0 Å². The Labute approximate surface area is 114 Å². The van der Waals surface area contributed by atoms with Gasteiger partial charge in [0.2, 0.25) is 6.79 Å². The van der Waals surface area contributed by atoms with Gasteiger partial charge in [-0.2, -0.15) is 0 Å². The van der Waals surface area contributed by atoms with Crippen LogP contribution in [0.3, 0.4) is 0 Å². The number of halogens is 1. The van der Waals surface area contributed by atoms with Crippen molar-refractivity contribution in [3.05, 3.63) is 53.6 Å². The van der Waals surface area contributed by atoms with Crippen molar-refractivity contribution in [3.63, 3.8) is 0 Å². The van der Waals surface area contributed by atoms with Gasteiger partial charge in [-0.05, 0) is 23.8 Å². The zero-order valence-electron chi connectivity index (χ0n) is 10.4. The predicted octanol–water partition coefficient (Wildman–Crippen LogP) is 1.88. The van der Waals surface area contributed by atoms with Crippen LogP contribution in [0, 0.1) is 5.82 Å². The molecule has 0 radical (unpaired) electrons. The number of amides is 1. The molecular formula is C14H11FN2O3. The van der Waals surface area contributed by atoms with E-state index in [0.717, 1.165) is 11.8 Å². The van der Waals surface area contributed by atoms with Gasteiger partial charge in [0.05, 0.1) is 11.8 Å². The van der Waals surface area contributed by atoms with Gasteiger partial charge < -0.3 is 14.8 Å². The second kappa shape index (κ2) is 5.16. The van der Waals surface area contributed by atoms with Crippen LogP contribution in [0.5, 0.6) is 11.5 Å². The molecule has 1 amide bonds. The zero-order valence-corrected chi connectivity index (χ0v) is 10.4. The van der Waals surface area contributed by atoms with Crippen LogP contribution in [0.2, 0.25) is 0 Å². The molecule has 1 aromatic carbocycles. The Balaban J connectivity index is 1.68. The molecule has 0 unspecified atom stereocenters. The van der Waals surface area contributed by atoms with Crippen LogP contribution < -0.4 is 14.8 Å². The molecule has 0 saturated heterocycles. The molecule has 1 aliphatic heterocycles. The van der Waals surface area contributed by atoms with Crippen molar-refractivity contribution in [1.82, 2.24) is 10.3 Å². The number of nitrogens with one attached hydrogen (secondary N) is 1. The molecule has 0 atom stereocenters. The number of carbonyl (C=O) groups excluding carboxylic acids is 1. The molecule has 0 bridgehead atoms. The van der Waals surface area contributed by atoms with Crippen LogP contribution in [0.15, 0.2) is 36.7 Å². The summed E-state index contributed by atoms with van der Waals surface area (Å²) in [4.78, 5) is 15.4. The Morgan fingerprint density at radius 1 is 1.30 bits per heavy atom. The lowest BCUT2D eigenvalue weighted by Crippen LogP contribution is -2.23. The summed E-state index contributed by atoms with van der Waals surface area (Å²) < 4.78 is 23.8. The minimum atomic E-state index is -0.643. The highest BCUT2D eigenvalue weighted by atomic mass is 19.1. The van der Waals surface area contributed by atoms with Gasteiger partial charge in [-0.25, -0.2) is 4.39 Å². The lowest BCUT2D eigenvalue weighted by Gasteiger charge is -2.06. The maximum Gasteiger partial charge on any atom is 0.254 e. The second-order valence-corrected chi connectivity index (χ2v) is 4.23. The minimum Gasteiger partial charge on any atom is -0.454 e. The molecule has 0 spiro atoms. The fourth-order valence-corrected chi connectivity index (χ4v) is 1.89. The van der Waals surface area contributed by atoms with E-state index >= 15 is 0 Å². The number of hydrogen-bond acceptors (Lipinski definition) is 4. The van der Waals surface area contributed by atoms with E-state index in [1.54, 1.807) is 12.1 Å². The van der Waals surface area contributed by atoms with E-state index in [-0.39, 0.29) is 18.9 Å². The van der Waals surface area contributed by atoms with Crippen LogP contribution in [0.25, 0.3) is 0 Å². The van der Waals surface area contributed by atoms with Gasteiger partial charge in [0.25, 0.3) is 5.91 Å². The smallest absolute Gasteiger partial charge is 0.254 e. The zero-order chi connectivity index (χ0) is 13.9. The highest BCUT2D eigenvalue weighted by Crippen LogP contribution is 2.32. The second-order valence-electron chi connectivity index (χ2n) is 4.23. The van der Waals surface area contributed by atoms with Crippen LogP contribution in [-0.2, 0) is 6.54 Å². The minimum absolute atomic E-state index is 0.0271. The quantitative estimate of drug-likeness (QED) is 0.928. The third kappa shape index (κ3) is 2.40. The normalized spacial score (nSPS) is 12.2. The van der Waals surface area contributed by atoms with Gasteiger partial charge in [0, 0.05) is 12.7 Å². The molecule has 6 heteroatoms. The van der Waals surface area contributed by atoms with E-state index in [0.29, 0.717) is 11.5 Å². The van der Waals surface area contributed by atoms with E-state index in [2.05, 4.69) is 10.3 Å². The Morgan fingerprint density at radius 3 is 3.00 bits per heavy atom. The standard InChI is InChI=1S/C14H11FN2O3/c15-11-7-16-4-3-10(11)14(18)17-6-9-1-2-12-13(5-9)20-8-19-12/h1-5,7H,6,8H2,(H,17,18). The Bertz CT molecular complexity index is 661. The SMILES string of the molecule is O=C(NCc1ccc2c(c1)OCO2)c1ccncc1F. The van der Waals surface area contributed by atoms with Crippen molar-refractivity contribution < 1.29 is 18.7 Å². The van der Waals surface area contributed by atoms with E-state index in [1.807, 2.05) is 6.07 Å². The number of pyridine rings is 1. The number of carbonyl (C=O) groups is 1. The van der Waals surface area contributed by atoms with Crippen LogP contribution in [0.1, 0.15) is 15.9 Å². The Morgan fingerprint density at radius 2 is 2.15 bits per heavy atom. The summed E-state index contributed by atoms with van der Waals surface area (Å²) in [6.45, 7) is 0.477. The largest absolute Gasteiger partial charge is 0.454 e. The number of fused-ring (bicyclic) bond motifs is 1. The maximum atomic E-state index is 13.4. The van der Waals surface area contributed by atoms with E-state index in [4.69, 9.17) is 9.47 Å². The Hall–Kier alpha value is -2.63. The summed E-state index contributed by atoms with van der Waals surface area (Å²) >= 11 is 0. The summed E-state index contributed by atoms with van der Waals surface area (Å²) in [7, 11) is 0. The van der Waals surface area contributed by atoms with Gasteiger partial charge in [0.15, 0.2) is 17.3 Å². The third-order valence-corrected chi connectivity index (χ3v) is 2.91. The molecule has 20 heavy (non-hydrogen) atoms. The summed E-state index contributed by atoms with van der Waals surface area (Å²) in [5.74, 6) is 0.199. The highest BCUT2D eigenvalue weighted by molar-refractivity contribution is 5.94. The fourth-order valence-electron chi connectivity index (χ4n) is 1.89. The summed E-state index contributed by atoms with van der Waals surface area (Å²) in [6.07, 6.45) is 2.38. The molecule has 102 valence electrons. The van der Waals surface area contributed by atoms with Gasteiger partial charge >= 0.3 is 0 Å². The molecule has 2 heterocycles. The highest BCUT2D eigenvalue weighted by Gasteiger charge is 2.14. The van der Waals surface area contributed by atoms with Crippen molar-refractivity contribution in [2.24, 2.45) is 0 Å². The number of aromatic nitrogens is 1. The molecule has 1 N–H and O–H groups in total. The molecule has 0 aliphatic carbocycles. The first kappa shape index (κ1) is 12.4. The van der Waals surface area contributed by atoms with Crippen LogP contribution in [0.4, 0.5) is 4.39 Å². The van der Waals surface area contributed by atoms with Gasteiger partial charge in [-0.15, -0.1) is 0 Å².